The predicted octanol–water partition coefficient (Wildman–Crippen LogP) is 2.78. The van der Waals surface area contributed by atoms with Crippen LogP contribution in [-0.2, 0) is 6.54 Å². The van der Waals surface area contributed by atoms with Crippen LogP contribution in [0.15, 0.2) is 12.4 Å². The lowest BCUT2D eigenvalue weighted by atomic mass is 10.5. The van der Waals surface area contributed by atoms with Crippen LogP contribution in [0.3, 0.4) is 0 Å². The predicted molar refractivity (Wildman–Crippen MR) is 67.4 cm³/mol. The van der Waals surface area contributed by atoms with E-state index in [9.17, 15) is 0 Å². The SMILES string of the molecule is CCNc1ncc(Cn2cc(Cl)c(C)n2)s1. The van der Waals surface area contributed by atoms with E-state index >= 15 is 0 Å². The van der Waals surface area contributed by atoms with E-state index in [-0.39, 0.29) is 0 Å². The van der Waals surface area contributed by atoms with E-state index in [4.69, 9.17) is 11.6 Å². The molecule has 86 valence electrons. The van der Waals surface area contributed by atoms with Gasteiger partial charge in [0.15, 0.2) is 5.13 Å². The van der Waals surface area contributed by atoms with Gasteiger partial charge in [0.1, 0.15) is 0 Å². The third-order valence-corrected chi connectivity index (χ3v) is 3.40. The second-order valence-corrected chi connectivity index (χ2v) is 4.94. The van der Waals surface area contributed by atoms with E-state index in [1.54, 1.807) is 11.3 Å². The smallest absolute Gasteiger partial charge is 0.182 e. The van der Waals surface area contributed by atoms with Crippen LogP contribution >= 0.6 is 22.9 Å². The van der Waals surface area contributed by atoms with Crippen molar-refractivity contribution in [3.05, 3.63) is 28.0 Å². The van der Waals surface area contributed by atoms with Crippen molar-refractivity contribution in [2.45, 2.75) is 20.4 Å². The van der Waals surface area contributed by atoms with E-state index in [0.29, 0.717) is 5.02 Å². The van der Waals surface area contributed by atoms with Gasteiger partial charge in [0.05, 0.1) is 17.3 Å². The standard InChI is InChI=1S/C10H13ClN4S/c1-3-12-10-13-4-8(16-10)5-15-6-9(11)7(2)14-15/h4,6H,3,5H2,1-2H3,(H,12,13). The lowest BCUT2D eigenvalue weighted by molar-refractivity contribution is 0.686. The Morgan fingerprint density at radius 3 is 3.00 bits per heavy atom. The zero-order valence-electron chi connectivity index (χ0n) is 9.20. The van der Waals surface area contributed by atoms with Gasteiger partial charge in [-0.2, -0.15) is 5.10 Å². The fraction of sp³-hybridized carbons (Fsp3) is 0.400. The molecule has 0 radical (unpaired) electrons. The number of rotatable bonds is 4. The number of thiazole rings is 1. The molecule has 2 aromatic rings. The summed E-state index contributed by atoms with van der Waals surface area (Å²) in [4.78, 5) is 5.43. The van der Waals surface area contributed by atoms with Gasteiger partial charge >= 0.3 is 0 Å². The fourth-order valence-corrected chi connectivity index (χ4v) is 2.37. The third kappa shape index (κ3) is 2.54. The topological polar surface area (TPSA) is 42.7 Å². The number of aromatic nitrogens is 3. The summed E-state index contributed by atoms with van der Waals surface area (Å²) in [6.07, 6.45) is 3.71. The molecule has 2 aromatic heterocycles. The minimum Gasteiger partial charge on any atom is -0.362 e. The van der Waals surface area contributed by atoms with Crippen molar-refractivity contribution in [3.8, 4) is 0 Å². The zero-order valence-corrected chi connectivity index (χ0v) is 10.8. The first-order chi connectivity index (χ1) is 7.69. The van der Waals surface area contributed by atoms with Crippen LogP contribution in [0.4, 0.5) is 5.13 Å². The fourth-order valence-electron chi connectivity index (χ4n) is 1.35. The highest BCUT2D eigenvalue weighted by molar-refractivity contribution is 7.15. The monoisotopic (exact) mass is 256 g/mol. The summed E-state index contributed by atoms with van der Waals surface area (Å²) in [5, 5.41) is 9.14. The maximum absolute atomic E-state index is 5.94. The molecule has 0 unspecified atom stereocenters. The number of hydrogen-bond donors (Lipinski definition) is 1. The lowest BCUT2D eigenvalue weighted by Gasteiger charge is -1.96. The maximum Gasteiger partial charge on any atom is 0.182 e. The third-order valence-electron chi connectivity index (χ3n) is 2.09. The van der Waals surface area contributed by atoms with Crippen LogP contribution in [0, 0.1) is 6.92 Å². The lowest BCUT2D eigenvalue weighted by Crippen LogP contribution is -1.98. The van der Waals surface area contributed by atoms with Crippen molar-refractivity contribution in [1.82, 2.24) is 14.8 Å². The highest BCUT2D eigenvalue weighted by atomic mass is 35.5. The molecule has 0 saturated carbocycles. The Hall–Kier alpha value is -1.07. The number of aryl methyl sites for hydroxylation is 1. The quantitative estimate of drug-likeness (QED) is 0.915. The van der Waals surface area contributed by atoms with Crippen LogP contribution in [0.2, 0.25) is 5.02 Å². The Bertz CT molecular complexity index is 457. The van der Waals surface area contributed by atoms with Crippen molar-refractivity contribution in [3.63, 3.8) is 0 Å². The Balaban J connectivity index is 2.08. The molecule has 4 nitrogen and oxygen atoms in total. The molecule has 0 fully saturated rings. The Labute approximate surface area is 103 Å². The molecule has 0 aliphatic carbocycles. The summed E-state index contributed by atoms with van der Waals surface area (Å²) < 4.78 is 1.83. The minimum atomic E-state index is 0.705. The van der Waals surface area contributed by atoms with Crippen LogP contribution in [-0.4, -0.2) is 21.3 Å². The maximum atomic E-state index is 5.94. The van der Waals surface area contributed by atoms with Crippen molar-refractivity contribution >= 4 is 28.1 Å². The molecule has 0 aromatic carbocycles. The molecule has 0 spiro atoms. The van der Waals surface area contributed by atoms with E-state index < -0.39 is 0 Å². The van der Waals surface area contributed by atoms with Crippen LogP contribution in [0.1, 0.15) is 17.5 Å². The second-order valence-electron chi connectivity index (χ2n) is 3.42. The molecule has 0 bridgehead atoms. The first-order valence-corrected chi connectivity index (χ1v) is 6.26. The molecule has 2 rings (SSSR count). The van der Waals surface area contributed by atoms with Crippen molar-refractivity contribution in [1.29, 1.82) is 0 Å². The van der Waals surface area contributed by atoms with Gasteiger partial charge in [0.25, 0.3) is 0 Å². The van der Waals surface area contributed by atoms with Gasteiger partial charge in [-0.15, -0.1) is 11.3 Å². The summed E-state index contributed by atoms with van der Waals surface area (Å²) in [6, 6.07) is 0. The summed E-state index contributed by atoms with van der Waals surface area (Å²) in [5.74, 6) is 0. The number of anilines is 1. The molecule has 2 heterocycles. The molecule has 0 aliphatic rings. The average Bonchev–Trinajstić information content (AvgIpc) is 2.77. The van der Waals surface area contributed by atoms with Gasteiger partial charge in [0.2, 0.25) is 0 Å². The molecule has 0 amide bonds. The van der Waals surface area contributed by atoms with Gasteiger partial charge in [0, 0.05) is 23.8 Å². The summed E-state index contributed by atoms with van der Waals surface area (Å²) >= 11 is 7.58. The molecule has 0 aliphatic heterocycles. The molecule has 0 atom stereocenters. The molecular formula is C10H13ClN4S. The Morgan fingerprint density at radius 1 is 1.56 bits per heavy atom. The Morgan fingerprint density at radius 2 is 2.38 bits per heavy atom. The molecule has 16 heavy (non-hydrogen) atoms. The molecular weight excluding hydrogens is 244 g/mol. The highest BCUT2D eigenvalue weighted by Crippen LogP contribution is 2.20. The molecule has 0 saturated heterocycles. The number of nitrogens with zero attached hydrogens (tertiary/aromatic N) is 3. The zero-order chi connectivity index (χ0) is 11.5. The molecule has 1 N–H and O–H groups in total. The normalized spacial score (nSPS) is 10.7. The van der Waals surface area contributed by atoms with Gasteiger partial charge in [-0.25, -0.2) is 4.98 Å². The van der Waals surface area contributed by atoms with Crippen LogP contribution in [0.5, 0.6) is 0 Å². The molecule has 6 heteroatoms. The number of hydrogen-bond acceptors (Lipinski definition) is 4. The van der Waals surface area contributed by atoms with E-state index in [1.165, 1.54) is 0 Å². The summed E-state index contributed by atoms with van der Waals surface area (Å²) in [7, 11) is 0. The largest absolute Gasteiger partial charge is 0.362 e. The first-order valence-electron chi connectivity index (χ1n) is 5.07. The van der Waals surface area contributed by atoms with Crippen molar-refractivity contribution in [2.75, 3.05) is 11.9 Å². The van der Waals surface area contributed by atoms with E-state index in [1.807, 2.05) is 24.0 Å². The van der Waals surface area contributed by atoms with Crippen LogP contribution in [0.25, 0.3) is 0 Å². The first kappa shape index (κ1) is 11.4. The summed E-state index contributed by atoms with van der Waals surface area (Å²) in [6.45, 7) is 5.56. The van der Waals surface area contributed by atoms with Crippen LogP contribution < -0.4 is 5.32 Å². The highest BCUT2D eigenvalue weighted by Gasteiger charge is 2.05. The van der Waals surface area contributed by atoms with Gasteiger partial charge < -0.3 is 5.32 Å². The number of nitrogens with one attached hydrogen (secondary N) is 1. The van der Waals surface area contributed by atoms with Gasteiger partial charge in [-0.05, 0) is 13.8 Å². The average molecular weight is 257 g/mol. The van der Waals surface area contributed by atoms with Crippen molar-refractivity contribution < 1.29 is 0 Å². The minimum absolute atomic E-state index is 0.705. The van der Waals surface area contributed by atoms with Gasteiger partial charge in [-0.3, -0.25) is 4.68 Å². The Kier molecular flexibility index (Phi) is 3.46. The van der Waals surface area contributed by atoms with Gasteiger partial charge in [-0.1, -0.05) is 11.6 Å². The second kappa shape index (κ2) is 4.84. The van der Waals surface area contributed by atoms with E-state index in [2.05, 4.69) is 22.3 Å². The number of halogens is 1. The summed E-state index contributed by atoms with van der Waals surface area (Å²) in [5.41, 5.74) is 0.859. The van der Waals surface area contributed by atoms with E-state index in [0.717, 1.165) is 28.8 Å². The van der Waals surface area contributed by atoms with Crippen molar-refractivity contribution in [2.24, 2.45) is 0 Å².